The predicted molar refractivity (Wildman–Crippen MR) is 125 cm³/mol. The van der Waals surface area contributed by atoms with E-state index >= 15 is 0 Å². The SMILES string of the molecule is Cc1cc(C(C)(C)C)cc(C)c1C(=O)Pc1ccc(OCc2ccccc2)cc1.[H-].[Li+]. The Labute approximate surface area is 195 Å². The van der Waals surface area contributed by atoms with Crippen molar-refractivity contribution in [3.05, 3.63) is 94.5 Å². The second-order valence-electron chi connectivity index (χ2n) is 8.49. The van der Waals surface area contributed by atoms with E-state index in [4.69, 9.17) is 4.74 Å². The van der Waals surface area contributed by atoms with Crippen molar-refractivity contribution in [3.63, 3.8) is 0 Å². The van der Waals surface area contributed by atoms with Crippen molar-refractivity contribution in [1.82, 2.24) is 0 Å². The van der Waals surface area contributed by atoms with Gasteiger partial charge in [0.05, 0.1) is 0 Å². The molecule has 0 radical (unpaired) electrons. The molecule has 0 aliphatic carbocycles. The van der Waals surface area contributed by atoms with Gasteiger partial charge >= 0.3 is 18.9 Å². The van der Waals surface area contributed by atoms with E-state index in [2.05, 4.69) is 32.9 Å². The zero-order valence-electron chi connectivity index (χ0n) is 19.9. The number of ether oxygens (including phenoxy) is 1. The summed E-state index contributed by atoms with van der Waals surface area (Å²) in [6, 6.07) is 22.3. The number of aryl methyl sites for hydroxylation is 2. The van der Waals surface area contributed by atoms with Gasteiger partial charge < -0.3 is 6.16 Å². The van der Waals surface area contributed by atoms with Crippen LogP contribution in [0.5, 0.6) is 5.75 Å². The first kappa shape index (κ1) is 24.4. The van der Waals surface area contributed by atoms with Gasteiger partial charge in [-0.3, -0.25) is 4.79 Å². The molecule has 0 N–H and O–H groups in total. The Morgan fingerprint density at radius 3 is 2.03 bits per heavy atom. The maximum Gasteiger partial charge on any atom is 1.00 e. The fourth-order valence-electron chi connectivity index (χ4n) is 3.32. The fraction of sp³-hybridized carbons (Fsp3) is 0.269. The number of hydrogen-bond donors (Lipinski definition) is 0. The van der Waals surface area contributed by atoms with E-state index in [1.807, 2.05) is 68.4 Å². The van der Waals surface area contributed by atoms with Gasteiger partial charge in [-0.2, -0.15) is 0 Å². The van der Waals surface area contributed by atoms with Gasteiger partial charge in [-0.25, -0.2) is 0 Å². The maximum atomic E-state index is 13.0. The molecule has 3 rings (SSSR count). The zero-order valence-corrected chi connectivity index (χ0v) is 19.9. The minimum absolute atomic E-state index is 0. The van der Waals surface area contributed by atoms with Crippen molar-refractivity contribution in [2.45, 2.75) is 46.6 Å². The number of benzene rings is 3. The normalized spacial score (nSPS) is 11.4. The van der Waals surface area contributed by atoms with Crippen molar-refractivity contribution in [2.24, 2.45) is 0 Å². The first-order valence-electron chi connectivity index (χ1n) is 9.94. The summed E-state index contributed by atoms with van der Waals surface area (Å²) in [4.78, 5) is 13.0. The van der Waals surface area contributed by atoms with Crippen molar-refractivity contribution in [1.29, 1.82) is 0 Å². The molecule has 30 heavy (non-hydrogen) atoms. The zero-order chi connectivity index (χ0) is 21.0. The molecule has 0 aromatic heterocycles. The molecule has 0 bridgehead atoms. The van der Waals surface area contributed by atoms with Crippen LogP contribution >= 0.6 is 8.58 Å². The van der Waals surface area contributed by atoms with Gasteiger partial charge in [0.25, 0.3) is 0 Å². The predicted octanol–water partition coefficient (Wildman–Crippen LogP) is 3.44. The Morgan fingerprint density at radius 2 is 1.50 bits per heavy atom. The second kappa shape index (κ2) is 10.5. The third-order valence-electron chi connectivity index (χ3n) is 4.99. The molecular weight excluding hydrogens is 382 g/mol. The Kier molecular flexibility index (Phi) is 8.51. The van der Waals surface area contributed by atoms with E-state index in [9.17, 15) is 4.79 Å². The molecule has 1 atom stereocenters. The summed E-state index contributed by atoms with van der Waals surface area (Å²) in [5.41, 5.74) is 5.67. The van der Waals surface area contributed by atoms with Crippen molar-refractivity contribution < 1.29 is 29.8 Å². The molecule has 3 aromatic rings. The summed E-state index contributed by atoms with van der Waals surface area (Å²) in [6.07, 6.45) is 0. The molecule has 0 saturated carbocycles. The average Bonchev–Trinajstić information content (AvgIpc) is 2.67. The van der Waals surface area contributed by atoms with Crippen LogP contribution in [0.4, 0.5) is 0 Å². The molecule has 0 saturated heterocycles. The number of carbonyl (C=O) groups is 1. The summed E-state index contributed by atoms with van der Waals surface area (Å²) in [5.74, 6) is 0.816. The van der Waals surface area contributed by atoms with Crippen LogP contribution in [0.25, 0.3) is 0 Å². The standard InChI is InChI=1S/C26H29O2P.Li.H/c1-18-15-21(26(3,4)5)16-19(2)24(18)25(27)29-23-13-11-22(12-14-23)28-17-20-9-7-6-8-10-20;;/h6-16,29H,17H2,1-5H3;;/q;+1;-1. The van der Waals surface area contributed by atoms with Gasteiger partial charge in [-0.05, 0) is 67.5 Å². The van der Waals surface area contributed by atoms with E-state index in [-0.39, 0.29) is 39.8 Å². The van der Waals surface area contributed by atoms with Crippen LogP contribution in [0.3, 0.4) is 0 Å². The third-order valence-corrected chi connectivity index (χ3v) is 6.09. The van der Waals surface area contributed by atoms with Gasteiger partial charge in [0.1, 0.15) is 12.4 Å². The Hall–Kier alpha value is -1.84. The van der Waals surface area contributed by atoms with Gasteiger partial charge in [-0.15, -0.1) is 0 Å². The van der Waals surface area contributed by atoms with Crippen LogP contribution in [0.2, 0.25) is 0 Å². The van der Waals surface area contributed by atoms with Crippen molar-refractivity contribution in [3.8, 4) is 5.75 Å². The molecule has 1 unspecified atom stereocenters. The summed E-state index contributed by atoms with van der Waals surface area (Å²) in [5, 5.41) is 1.03. The van der Waals surface area contributed by atoms with E-state index in [0.717, 1.165) is 33.3 Å². The molecule has 0 aliphatic rings. The van der Waals surface area contributed by atoms with Crippen LogP contribution in [-0.4, -0.2) is 5.52 Å². The first-order valence-corrected chi connectivity index (χ1v) is 10.9. The van der Waals surface area contributed by atoms with Crippen LogP contribution < -0.4 is 28.9 Å². The quantitative estimate of drug-likeness (QED) is 0.458. The smallest absolute Gasteiger partial charge is 1.00 e. The monoisotopic (exact) mass is 412 g/mol. The van der Waals surface area contributed by atoms with Gasteiger partial charge in [0.15, 0.2) is 5.52 Å². The van der Waals surface area contributed by atoms with E-state index in [1.54, 1.807) is 0 Å². The maximum absolute atomic E-state index is 13.0. The topological polar surface area (TPSA) is 26.3 Å². The van der Waals surface area contributed by atoms with Crippen molar-refractivity contribution in [2.75, 3.05) is 0 Å². The minimum Gasteiger partial charge on any atom is -1.00 e. The molecule has 3 aromatic carbocycles. The molecule has 0 aliphatic heterocycles. The second-order valence-corrected chi connectivity index (χ2v) is 9.77. The minimum atomic E-state index is 0. The van der Waals surface area contributed by atoms with E-state index in [0.29, 0.717) is 6.61 Å². The van der Waals surface area contributed by atoms with E-state index in [1.165, 1.54) is 5.56 Å². The fourth-order valence-corrected chi connectivity index (χ4v) is 4.44. The molecule has 0 spiro atoms. The first-order chi connectivity index (χ1) is 13.7. The van der Waals surface area contributed by atoms with Crippen LogP contribution in [0.1, 0.15) is 54.8 Å². The Morgan fingerprint density at radius 1 is 0.933 bits per heavy atom. The van der Waals surface area contributed by atoms with Gasteiger partial charge in [-0.1, -0.05) is 75.4 Å². The Balaban J connectivity index is 0.00000240. The van der Waals surface area contributed by atoms with Gasteiger partial charge in [0.2, 0.25) is 0 Å². The third kappa shape index (κ3) is 6.33. The Bertz CT molecular complexity index is 973. The average molecular weight is 412 g/mol. The summed E-state index contributed by atoms with van der Waals surface area (Å²) < 4.78 is 5.84. The molecule has 0 heterocycles. The van der Waals surface area contributed by atoms with Gasteiger partial charge in [0, 0.05) is 5.56 Å². The summed E-state index contributed by atoms with van der Waals surface area (Å²) in [7, 11) is 0.109. The number of carbonyl (C=O) groups excluding carboxylic acids is 1. The molecule has 4 heteroatoms. The van der Waals surface area contributed by atoms with Crippen LogP contribution in [0, 0.1) is 13.8 Å². The molecular formula is C26H30LiO2P. The number of hydrogen-bond acceptors (Lipinski definition) is 2. The molecule has 0 fully saturated rings. The summed E-state index contributed by atoms with van der Waals surface area (Å²) in [6.45, 7) is 11.2. The van der Waals surface area contributed by atoms with Crippen LogP contribution in [-0.2, 0) is 12.0 Å². The molecule has 0 amide bonds. The molecule has 2 nitrogen and oxygen atoms in total. The van der Waals surface area contributed by atoms with Crippen molar-refractivity contribution >= 4 is 19.4 Å². The molecule has 152 valence electrons. The summed E-state index contributed by atoms with van der Waals surface area (Å²) >= 11 is 0. The van der Waals surface area contributed by atoms with Crippen LogP contribution in [0.15, 0.2) is 66.7 Å². The largest absolute Gasteiger partial charge is 1.00 e. The number of rotatable bonds is 6. The van der Waals surface area contributed by atoms with E-state index < -0.39 is 0 Å².